The van der Waals surface area contributed by atoms with Gasteiger partial charge in [-0.1, -0.05) is 207 Å². The van der Waals surface area contributed by atoms with Gasteiger partial charge in [0.1, 0.15) is 0 Å². The minimum atomic E-state index is 1.04. The number of hydrogen-bond donors (Lipinski definition) is 0. The zero-order chi connectivity index (χ0) is 24.1. The molecule has 0 amide bonds. The Morgan fingerprint density at radius 1 is 0.242 bits per heavy atom. The van der Waals surface area contributed by atoms with Gasteiger partial charge in [0.25, 0.3) is 0 Å². The molecule has 0 aliphatic heterocycles. The van der Waals surface area contributed by atoms with Gasteiger partial charge >= 0.3 is 0 Å². The molecule has 0 heterocycles. The van der Waals surface area contributed by atoms with Gasteiger partial charge in [-0.3, -0.25) is 0 Å². The summed E-state index contributed by atoms with van der Waals surface area (Å²) in [5, 5.41) is 0. The van der Waals surface area contributed by atoms with Crippen LogP contribution in [0, 0.1) is 5.92 Å². The third-order valence-corrected chi connectivity index (χ3v) is 7.90. The van der Waals surface area contributed by atoms with Gasteiger partial charge in [-0.2, -0.15) is 0 Å². The molecule has 200 valence electrons. The summed E-state index contributed by atoms with van der Waals surface area (Å²) in [7, 11) is 0. The first-order valence-electron chi connectivity index (χ1n) is 16.3. The Bertz CT molecular complexity index is 320. The van der Waals surface area contributed by atoms with Gasteiger partial charge < -0.3 is 0 Å². The monoisotopic (exact) mass is 465 g/mol. The maximum absolute atomic E-state index is 2.36. The number of hydrogen-bond acceptors (Lipinski definition) is 0. The Labute approximate surface area is 212 Å². The Kier molecular flexibility index (Phi) is 30.0. The minimum Gasteiger partial charge on any atom is -0.0654 e. The molecule has 0 N–H and O–H groups in total. The van der Waals surface area contributed by atoms with Crippen LogP contribution in [0.3, 0.4) is 0 Å². The molecular weight excluding hydrogens is 396 g/mol. The van der Waals surface area contributed by atoms with E-state index in [4.69, 9.17) is 0 Å². The van der Waals surface area contributed by atoms with E-state index in [0.717, 1.165) is 5.92 Å². The van der Waals surface area contributed by atoms with Gasteiger partial charge in [0.2, 0.25) is 0 Å². The Morgan fingerprint density at radius 2 is 0.455 bits per heavy atom. The van der Waals surface area contributed by atoms with Crippen molar-refractivity contribution in [2.75, 3.05) is 0 Å². The largest absolute Gasteiger partial charge is 0.0654 e. The first-order chi connectivity index (χ1) is 16.3. The van der Waals surface area contributed by atoms with E-state index < -0.39 is 0 Å². The Hall–Kier alpha value is 0. The molecule has 0 spiro atoms. The maximum Gasteiger partial charge on any atom is -0.0414 e. The van der Waals surface area contributed by atoms with Crippen LogP contribution in [0.25, 0.3) is 0 Å². The van der Waals surface area contributed by atoms with Gasteiger partial charge in [-0.25, -0.2) is 0 Å². The third kappa shape index (κ3) is 28.1. The molecule has 0 heteroatoms. The van der Waals surface area contributed by atoms with Crippen LogP contribution >= 0.6 is 0 Å². The lowest BCUT2D eigenvalue weighted by molar-refractivity contribution is 0.370. The molecule has 0 radical (unpaired) electrons. The molecule has 1 unspecified atom stereocenters. The van der Waals surface area contributed by atoms with Crippen LogP contribution in [0.15, 0.2) is 0 Å². The first kappa shape index (κ1) is 33.0. The predicted molar refractivity (Wildman–Crippen MR) is 154 cm³/mol. The topological polar surface area (TPSA) is 0 Å². The van der Waals surface area contributed by atoms with Crippen molar-refractivity contribution in [3.8, 4) is 0 Å². The molecule has 0 fully saturated rings. The van der Waals surface area contributed by atoms with Crippen molar-refractivity contribution in [2.45, 2.75) is 207 Å². The molecule has 0 nitrogen and oxygen atoms in total. The lowest BCUT2D eigenvalue weighted by Gasteiger charge is -2.16. The lowest BCUT2D eigenvalue weighted by atomic mass is 9.90. The summed E-state index contributed by atoms with van der Waals surface area (Å²) in [5.41, 5.74) is 0. The van der Waals surface area contributed by atoms with E-state index in [9.17, 15) is 0 Å². The van der Waals surface area contributed by atoms with E-state index >= 15 is 0 Å². The quantitative estimate of drug-likeness (QED) is 0.0965. The molecule has 0 saturated heterocycles. The van der Waals surface area contributed by atoms with Crippen molar-refractivity contribution in [2.24, 2.45) is 5.92 Å². The molecular formula is C33H68. The fraction of sp³-hybridized carbons (Fsp3) is 1.00. The van der Waals surface area contributed by atoms with Crippen LogP contribution in [0.1, 0.15) is 207 Å². The highest BCUT2D eigenvalue weighted by atomic mass is 14.1. The van der Waals surface area contributed by atoms with Crippen molar-refractivity contribution in [3.05, 3.63) is 0 Å². The zero-order valence-electron chi connectivity index (χ0n) is 24.1. The second kappa shape index (κ2) is 30.0. The zero-order valence-corrected chi connectivity index (χ0v) is 24.1. The predicted octanol–water partition coefficient (Wildman–Crippen LogP) is 13.0. The molecule has 1 atom stereocenters. The second-order valence-electron chi connectivity index (χ2n) is 11.4. The Morgan fingerprint density at radius 3 is 0.727 bits per heavy atom. The average molecular weight is 465 g/mol. The Balaban J connectivity index is 3.40. The van der Waals surface area contributed by atoms with Crippen LogP contribution in [-0.4, -0.2) is 0 Å². The van der Waals surface area contributed by atoms with Crippen molar-refractivity contribution in [3.63, 3.8) is 0 Å². The summed E-state index contributed by atoms with van der Waals surface area (Å²) < 4.78 is 0. The van der Waals surface area contributed by atoms with Crippen molar-refractivity contribution < 1.29 is 0 Å². The maximum atomic E-state index is 2.36. The highest BCUT2D eigenvalue weighted by Crippen LogP contribution is 2.24. The summed E-state index contributed by atoms with van der Waals surface area (Å²) in [5.74, 6) is 1.04. The molecule has 0 aliphatic rings. The van der Waals surface area contributed by atoms with Crippen LogP contribution < -0.4 is 0 Å². The van der Waals surface area contributed by atoms with Crippen LogP contribution in [-0.2, 0) is 0 Å². The number of rotatable bonds is 29. The molecule has 0 bridgehead atoms. The van der Waals surface area contributed by atoms with E-state index in [2.05, 4.69) is 20.8 Å². The van der Waals surface area contributed by atoms with Crippen molar-refractivity contribution >= 4 is 0 Å². The molecule has 33 heavy (non-hydrogen) atoms. The van der Waals surface area contributed by atoms with E-state index in [1.54, 1.807) is 0 Å². The van der Waals surface area contributed by atoms with E-state index in [1.165, 1.54) is 186 Å². The highest BCUT2D eigenvalue weighted by Gasteiger charge is 2.08. The van der Waals surface area contributed by atoms with Gasteiger partial charge in [0, 0.05) is 0 Å². The van der Waals surface area contributed by atoms with E-state index in [-0.39, 0.29) is 0 Å². The van der Waals surface area contributed by atoms with E-state index in [0.29, 0.717) is 0 Å². The molecule has 0 aromatic heterocycles. The molecule has 0 aromatic rings. The summed E-state index contributed by atoms with van der Waals surface area (Å²) in [4.78, 5) is 0. The smallest absolute Gasteiger partial charge is 0.0414 e. The standard InChI is InChI=1S/C33H68/c1-4-7-10-12-14-15-16-17-18-19-20-21-22-23-25-27-29-32-33(30-9-6-3)31-28-26-24-13-11-8-5-2/h33H,4-32H2,1-3H3. The normalized spacial score (nSPS) is 12.5. The van der Waals surface area contributed by atoms with Gasteiger partial charge in [0.15, 0.2) is 0 Å². The van der Waals surface area contributed by atoms with Gasteiger partial charge in [-0.15, -0.1) is 0 Å². The first-order valence-corrected chi connectivity index (χ1v) is 16.3. The summed E-state index contributed by atoms with van der Waals surface area (Å²) in [6, 6.07) is 0. The SMILES string of the molecule is CCCCCCCCCCCCCCCCCCCC(CCCC)CCCCCCCCC. The van der Waals surface area contributed by atoms with Crippen LogP contribution in [0.2, 0.25) is 0 Å². The fourth-order valence-electron chi connectivity index (χ4n) is 5.47. The van der Waals surface area contributed by atoms with Gasteiger partial charge in [-0.05, 0) is 5.92 Å². The molecule has 0 saturated carbocycles. The van der Waals surface area contributed by atoms with Crippen molar-refractivity contribution in [1.82, 2.24) is 0 Å². The fourth-order valence-corrected chi connectivity index (χ4v) is 5.47. The van der Waals surface area contributed by atoms with Crippen molar-refractivity contribution in [1.29, 1.82) is 0 Å². The van der Waals surface area contributed by atoms with Crippen LogP contribution in [0.4, 0.5) is 0 Å². The molecule has 0 aliphatic carbocycles. The molecule has 0 rings (SSSR count). The second-order valence-corrected chi connectivity index (χ2v) is 11.4. The van der Waals surface area contributed by atoms with Crippen LogP contribution in [0.5, 0.6) is 0 Å². The lowest BCUT2D eigenvalue weighted by Crippen LogP contribution is -2.01. The highest BCUT2D eigenvalue weighted by molar-refractivity contribution is 4.61. The van der Waals surface area contributed by atoms with E-state index in [1.807, 2.05) is 0 Å². The summed E-state index contributed by atoms with van der Waals surface area (Å²) in [6.07, 6.45) is 42.8. The minimum absolute atomic E-state index is 1.04. The summed E-state index contributed by atoms with van der Waals surface area (Å²) >= 11 is 0. The molecule has 0 aromatic carbocycles. The summed E-state index contributed by atoms with van der Waals surface area (Å²) in [6.45, 7) is 6.99. The third-order valence-electron chi connectivity index (χ3n) is 7.90. The number of unbranched alkanes of at least 4 members (excludes halogenated alkanes) is 23. The van der Waals surface area contributed by atoms with Gasteiger partial charge in [0.05, 0.1) is 0 Å². The average Bonchev–Trinajstić information content (AvgIpc) is 2.83.